The molecule has 5 heteroatoms. The Balaban J connectivity index is 1.76. The van der Waals surface area contributed by atoms with E-state index in [1.165, 1.54) is 0 Å². The quantitative estimate of drug-likeness (QED) is 0.673. The number of aliphatic imine (C=N–C) groups is 1. The van der Waals surface area contributed by atoms with Gasteiger partial charge in [0.25, 0.3) is 5.24 Å². The third-order valence-electron chi connectivity index (χ3n) is 2.74. The Bertz CT molecular complexity index is 599. The highest BCUT2D eigenvalue weighted by atomic mass is 32.2. The van der Waals surface area contributed by atoms with Crippen molar-refractivity contribution in [2.24, 2.45) is 10.7 Å². The number of amides is 1. The monoisotopic (exact) mass is 299 g/mol. The van der Waals surface area contributed by atoms with Gasteiger partial charge in [0.15, 0.2) is 5.17 Å². The minimum atomic E-state index is -0.201. The van der Waals surface area contributed by atoms with E-state index in [2.05, 4.69) is 10.3 Å². The number of nitrogens with two attached hydrogens (primary N) is 1. The van der Waals surface area contributed by atoms with Crippen LogP contribution in [0.2, 0.25) is 0 Å². The van der Waals surface area contributed by atoms with E-state index in [9.17, 15) is 4.79 Å². The molecular formula is C16H17N3OS. The van der Waals surface area contributed by atoms with E-state index in [-0.39, 0.29) is 10.4 Å². The predicted octanol–water partition coefficient (Wildman–Crippen LogP) is 3.14. The molecule has 0 spiro atoms. The van der Waals surface area contributed by atoms with Gasteiger partial charge in [-0.2, -0.15) is 0 Å². The lowest BCUT2D eigenvalue weighted by atomic mass is 10.2. The average Bonchev–Trinajstić information content (AvgIpc) is 2.53. The second kappa shape index (κ2) is 8.11. The summed E-state index contributed by atoms with van der Waals surface area (Å²) in [4.78, 5) is 15.9. The summed E-state index contributed by atoms with van der Waals surface area (Å²) in [5.41, 5.74) is 7.85. The van der Waals surface area contributed by atoms with Crippen LogP contribution in [0.3, 0.4) is 0 Å². The molecule has 0 aromatic heterocycles. The van der Waals surface area contributed by atoms with Gasteiger partial charge in [-0.15, -0.1) is 0 Å². The average molecular weight is 299 g/mol. The molecule has 0 bridgehead atoms. The lowest BCUT2D eigenvalue weighted by molar-refractivity contribution is 0.260. The van der Waals surface area contributed by atoms with Gasteiger partial charge in [-0.05, 0) is 11.1 Å². The van der Waals surface area contributed by atoms with Crippen LogP contribution >= 0.6 is 11.8 Å². The third-order valence-corrected chi connectivity index (χ3v) is 3.41. The van der Waals surface area contributed by atoms with Crippen LogP contribution in [-0.2, 0) is 13.1 Å². The Labute approximate surface area is 128 Å². The molecule has 0 unspecified atom stereocenters. The summed E-state index contributed by atoms with van der Waals surface area (Å²) in [6.07, 6.45) is 0. The van der Waals surface area contributed by atoms with Crippen LogP contribution in [0.1, 0.15) is 11.1 Å². The van der Waals surface area contributed by atoms with Crippen molar-refractivity contribution in [2.45, 2.75) is 13.1 Å². The molecule has 0 fully saturated rings. The van der Waals surface area contributed by atoms with Crippen LogP contribution in [0.4, 0.5) is 4.79 Å². The van der Waals surface area contributed by atoms with Gasteiger partial charge in [0.2, 0.25) is 0 Å². The first kappa shape index (κ1) is 15.1. The summed E-state index contributed by atoms with van der Waals surface area (Å²) in [5, 5.41) is 2.86. The van der Waals surface area contributed by atoms with Gasteiger partial charge in [-0.1, -0.05) is 60.7 Å². The van der Waals surface area contributed by atoms with E-state index in [0.717, 1.165) is 22.9 Å². The number of rotatable bonds is 4. The van der Waals surface area contributed by atoms with Crippen LogP contribution in [0.15, 0.2) is 65.7 Å². The van der Waals surface area contributed by atoms with Crippen LogP contribution in [-0.4, -0.2) is 10.4 Å². The second-order valence-electron chi connectivity index (χ2n) is 4.37. The highest BCUT2D eigenvalue weighted by molar-refractivity contribution is 8.26. The molecule has 0 heterocycles. The van der Waals surface area contributed by atoms with Crippen molar-refractivity contribution in [3.05, 3.63) is 71.8 Å². The van der Waals surface area contributed by atoms with Crippen LogP contribution in [0, 0.1) is 0 Å². The second-order valence-corrected chi connectivity index (χ2v) is 5.36. The zero-order chi connectivity index (χ0) is 14.9. The van der Waals surface area contributed by atoms with Crippen molar-refractivity contribution in [2.75, 3.05) is 0 Å². The molecule has 0 aliphatic heterocycles. The van der Waals surface area contributed by atoms with Gasteiger partial charge in [-0.3, -0.25) is 9.79 Å². The maximum atomic E-state index is 11.7. The number of amidine groups is 1. The molecule has 3 N–H and O–H groups in total. The summed E-state index contributed by atoms with van der Waals surface area (Å²) in [6, 6.07) is 19.5. The van der Waals surface area contributed by atoms with Crippen molar-refractivity contribution in [3.8, 4) is 0 Å². The Morgan fingerprint density at radius 3 is 2.19 bits per heavy atom. The molecule has 0 atom stereocenters. The summed E-state index contributed by atoms with van der Waals surface area (Å²) < 4.78 is 0. The Morgan fingerprint density at radius 2 is 1.57 bits per heavy atom. The standard InChI is InChI=1S/C16H17N3OS/c17-15(18-11-13-7-3-1-4-8-13)21-16(20)19-12-14-9-5-2-6-10-14/h1-10H,11-12H2,(H2,17,18)(H,19,20). The van der Waals surface area contributed by atoms with Gasteiger partial charge in [0.05, 0.1) is 6.54 Å². The number of hydrogen-bond acceptors (Lipinski definition) is 3. The Morgan fingerprint density at radius 1 is 1.00 bits per heavy atom. The van der Waals surface area contributed by atoms with Crippen molar-refractivity contribution in [1.82, 2.24) is 5.32 Å². The Hall–Kier alpha value is -2.27. The molecule has 2 rings (SSSR count). The molecule has 0 radical (unpaired) electrons. The Kier molecular flexibility index (Phi) is 5.84. The molecule has 1 amide bonds. The lowest BCUT2D eigenvalue weighted by Gasteiger charge is -2.04. The number of thioether (sulfide) groups is 1. The van der Waals surface area contributed by atoms with Crippen molar-refractivity contribution >= 4 is 22.2 Å². The van der Waals surface area contributed by atoms with Crippen molar-refractivity contribution in [1.29, 1.82) is 0 Å². The number of benzene rings is 2. The zero-order valence-corrected chi connectivity index (χ0v) is 12.3. The molecule has 21 heavy (non-hydrogen) atoms. The highest BCUT2D eigenvalue weighted by Crippen LogP contribution is 2.06. The minimum Gasteiger partial charge on any atom is -0.378 e. The third kappa shape index (κ3) is 5.71. The summed E-state index contributed by atoms with van der Waals surface area (Å²) in [6.45, 7) is 0.963. The van der Waals surface area contributed by atoms with Gasteiger partial charge >= 0.3 is 0 Å². The fourth-order valence-electron chi connectivity index (χ4n) is 1.69. The summed E-state index contributed by atoms with van der Waals surface area (Å²) >= 11 is 0.916. The fraction of sp³-hybridized carbons (Fsp3) is 0.125. The number of nitrogens with one attached hydrogen (secondary N) is 1. The zero-order valence-electron chi connectivity index (χ0n) is 11.5. The first-order valence-electron chi connectivity index (χ1n) is 6.57. The van der Waals surface area contributed by atoms with E-state index < -0.39 is 0 Å². The fourth-order valence-corrected chi connectivity index (χ4v) is 2.15. The summed E-state index contributed by atoms with van der Waals surface area (Å²) in [5.74, 6) is 0. The van der Waals surface area contributed by atoms with Gasteiger partial charge in [0, 0.05) is 18.3 Å². The van der Waals surface area contributed by atoms with Gasteiger partial charge in [0.1, 0.15) is 0 Å². The van der Waals surface area contributed by atoms with Crippen LogP contribution in [0.5, 0.6) is 0 Å². The molecule has 0 aliphatic carbocycles. The molecular weight excluding hydrogens is 282 g/mol. The topological polar surface area (TPSA) is 67.5 Å². The maximum Gasteiger partial charge on any atom is 0.287 e. The lowest BCUT2D eigenvalue weighted by Crippen LogP contribution is -2.22. The molecule has 2 aromatic rings. The predicted molar refractivity (Wildman–Crippen MR) is 88.0 cm³/mol. The molecule has 4 nitrogen and oxygen atoms in total. The number of carbonyl (C=O) groups is 1. The van der Waals surface area contributed by atoms with Gasteiger partial charge < -0.3 is 11.1 Å². The summed E-state index contributed by atoms with van der Waals surface area (Å²) in [7, 11) is 0. The van der Waals surface area contributed by atoms with Crippen LogP contribution < -0.4 is 11.1 Å². The van der Waals surface area contributed by atoms with E-state index in [0.29, 0.717) is 13.1 Å². The highest BCUT2D eigenvalue weighted by Gasteiger charge is 2.05. The number of nitrogens with zero attached hydrogens (tertiary/aromatic N) is 1. The maximum absolute atomic E-state index is 11.7. The molecule has 0 saturated heterocycles. The van der Waals surface area contributed by atoms with Crippen molar-refractivity contribution < 1.29 is 4.79 Å². The molecule has 108 valence electrons. The van der Waals surface area contributed by atoms with E-state index >= 15 is 0 Å². The smallest absolute Gasteiger partial charge is 0.287 e. The number of carbonyl (C=O) groups excluding carboxylic acids is 1. The van der Waals surface area contributed by atoms with E-state index in [1.54, 1.807) is 0 Å². The first-order valence-corrected chi connectivity index (χ1v) is 7.39. The van der Waals surface area contributed by atoms with Crippen LogP contribution in [0.25, 0.3) is 0 Å². The SMILES string of the molecule is NC(=NCc1ccccc1)SC(=O)NCc1ccccc1. The largest absolute Gasteiger partial charge is 0.378 e. The molecule has 0 aliphatic rings. The number of hydrogen-bond donors (Lipinski definition) is 2. The normalized spacial score (nSPS) is 11.1. The van der Waals surface area contributed by atoms with Gasteiger partial charge in [-0.25, -0.2) is 0 Å². The minimum absolute atomic E-state index is 0.201. The van der Waals surface area contributed by atoms with E-state index in [1.807, 2.05) is 60.7 Å². The van der Waals surface area contributed by atoms with E-state index in [4.69, 9.17) is 5.73 Å². The molecule has 0 saturated carbocycles. The molecule has 2 aromatic carbocycles. The first-order chi connectivity index (χ1) is 10.2. The van der Waals surface area contributed by atoms with Crippen molar-refractivity contribution in [3.63, 3.8) is 0 Å².